The molecule has 0 unspecified atom stereocenters. The Labute approximate surface area is 188 Å². The highest BCUT2D eigenvalue weighted by molar-refractivity contribution is 9.10. The molecule has 0 radical (unpaired) electrons. The minimum Gasteiger partial charge on any atom is -0.483 e. The van der Waals surface area contributed by atoms with E-state index in [0.29, 0.717) is 26.6 Å². The molecule has 1 atom stereocenters. The van der Waals surface area contributed by atoms with E-state index in [1.807, 2.05) is 6.92 Å². The number of hydrogen-bond donors (Lipinski definition) is 1. The molecule has 2 aromatic rings. The van der Waals surface area contributed by atoms with Gasteiger partial charge >= 0.3 is 0 Å². The number of fused-ring (bicyclic) bond motifs is 1. The second-order valence-electron chi connectivity index (χ2n) is 7.00. The number of carbonyl (C=O) groups is 3. The van der Waals surface area contributed by atoms with Gasteiger partial charge in [0.15, 0.2) is 6.61 Å². The molecule has 158 valence electrons. The highest BCUT2D eigenvalue weighted by Crippen LogP contribution is 2.31. The van der Waals surface area contributed by atoms with Crippen LogP contribution in [0.25, 0.3) is 0 Å². The third-order valence-electron chi connectivity index (χ3n) is 4.67. The van der Waals surface area contributed by atoms with E-state index >= 15 is 0 Å². The summed E-state index contributed by atoms with van der Waals surface area (Å²) in [6, 6.07) is 11.8. The maximum absolute atomic E-state index is 13.0. The summed E-state index contributed by atoms with van der Waals surface area (Å²) >= 11 is 9.23. The van der Waals surface area contributed by atoms with Crippen LogP contribution in [-0.4, -0.2) is 48.9 Å². The van der Waals surface area contributed by atoms with Gasteiger partial charge in [-0.2, -0.15) is 0 Å². The summed E-state index contributed by atoms with van der Waals surface area (Å²) in [6.07, 6.45) is 0.172. The van der Waals surface area contributed by atoms with Crippen LogP contribution in [0.4, 0.5) is 11.4 Å². The predicted octanol–water partition coefficient (Wildman–Crippen LogP) is 3.70. The van der Waals surface area contributed by atoms with Crippen molar-refractivity contribution in [3.05, 3.63) is 52.0 Å². The minimum absolute atomic E-state index is 0.142. The third kappa shape index (κ3) is 5.12. The van der Waals surface area contributed by atoms with Crippen molar-refractivity contribution < 1.29 is 19.1 Å². The number of hydrogen-bond acceptors (Lipinski definition) is 4. The van der Waals surface area contributed by atoms with Gasteiger partial charge in [0.1, 0.15) is 5.75 Å². The average molecular weight is 495 g/mol. The van der Waals surface area contributed by atoms with Gasteiger partial charge < -0.3 is 19.9 Å². The summed E-state index contributed by atoms with van der Waals surface area (Å²) in [4.78, 5) is 40.5. The number of likely N-dealkylation sites (N-methyl/N-ethyl adjacent to an activating group) is 1. The molecule has 0 spiro atoms. The van der Waals surface area contributed by atoms with Crippen molar-refractivity contribution in [2.45, 2.75) is 19.4 Å². The molecule has 0 aliphatic carbocycles. The lowest BCUT2D eigenvalue weighted by Crippen LogP contribution is -2.46. The van der Waals surface area contributed by atoms with Gasteiger partial charge in [-0.15, -0.1) is 0 Å². The van der Waals surface area contributed by atoms with Gasteiger partial charge in [0.25, 0.3) is 5.91 Å². The minimum atomic E-state index is -0.352. The van der Waals surface area contributed by atoms with E-state index in [-0.39, 0.29) is 43.3 Å². The van der Waals surface area contributed by atoms with E-state index in [0.717, 1.165) is 0 Å². The van der Waals surface area contributed by atoms with Gasteiger partial charge in [-0.25, -0.2) is 0 Å². The van der Waals surface area contributed by atoms with E-state index in [4.69, 9.17) is 16.3 Å². The second kappa shape index (κ2) is 9.49. The first-order valence-electron chi connectivity index (χ1n) is 9.29. The zero-order valence-electron chi connectivity index (χ0n) is 16.5. The number of ether oxygens (including phenoxy) is 1. The number of carbonyl (C=O) groups excluding carboxylic acids is 3. The van der Waals surface area contributed by atoms with Crippen LogP contribution in [0.15, 0.2) is 46.9 Å². The number of benzene rings is 2. The fourth-order valence-corrected chi connectivity index (χ4v) is 3.97. The lowest BCUT2D eigenvalue weighted by atomic mass is 10.1. The van der Waals surface area contributed by atoms with Gasteiger partial charge in [-0.1, -0.05) is 23.7 Å². The summed E-state index contributed by atoms with van der Waals surface area (Å²) in [7, 11) is 1.54. The fraction of sp³-hybridized carbons (Fsp3) is 0.286. The van der Waals surface area contributed by atoms with Crippen LogP contribution in [0.2, 0.25) is 5.02 Å². The van der Waals surface area contributed by atoms with E-state index in [1.165, 1.54) is 11.9 Å². The standard InChI is InChI=1S/C21H21BrClN3O4/c1-13-9-19(27)24-16-5-3-4-6-17(16)26(13)20(28)11-25(2)21(29)12-30-18-8-7-14(23)10-15(18)22/h3-8,10,13H,9,11-12H2,1-2H3,(H,24,27)/t13-/m1/s1. The summed E-state index contributed by atoms with van der Waals surface area (Å²) in [5, 5.41) is 3.36. The molecule has 3 amide bonds. The van der Waals surface area contributed by atoms with Crippen molar-refractivity contribution in [1.82, 2.24) is 4.90 Å². The number of halogens is 2. The molecule has 9 heteroatoms. The molecule has 1 heterocycles. The van der Waals surface area contributed by atoms with E-state index in [1.54, 1.807) is 47.4 Å². The summed E-state index contributed by atoms with van der Waals surface area (Å²) in [5.41, 5.74) is 1.19. The second-order valence-corrected chi connectivity index (χ2v) is 8.29. The first-order chi connectivity index (χ1) is 14.3. The van der Waals surface area contributed by atoms with E-state index in [2.05, 4.69) is 21.2 Å². The normalized spacial score (nSPS) is 15.7. The highest BCUT2D eigenvalue weighted by Gasteiger charge is 2.30. The third-order valence-corrected chi connectivity index (χ3v) is 5.53. The molecule has 0 saturated carbocycles. The molecule has 0 aromatic heterocycles. The SMILES string of the molecule is C[C@@H]1CC(=O)Nc2ccccc2N1C(=O)CN(C)C(=O)COc1ccc(Cl)cc1Br. The summed E-state index contributed by atoms with van der Waals surface area (Å²) in [6.45, 7) is 1.44. The predicted molar refractivity (Wildman–Crippen MR) is 119 cm³/mol. The Balaban J connectivity index is 1.67. The Hall–Kier alpha value is -2.58. The number of nitrogens with zero attached hydrogens (tertiary/aromatic N) is 2. The van der Waals surface area contributed by atoms with Crippen molar-refractivity contribution in [3.63, 3.8) is 0 Å². The number of anilines is 2. The first-order valence-corrected chi connectivity index (χ1v) is 10.5. The molecule has 30 heavy (non-hydrogen) atoms. The molecule has 0 fully saturated rings. The Morgan fingerprint density at radius 3 is 2.77 bits per heavy atom. The Bertz CT molecular complexity index is 984. The molecular formula is C21H21BrClN3O4. The zero-order valence-corrected chi connectivity index (χ0v) is 18.9. The highest BCUT2D eigenvalue weighted by atomic mass is 79.9. The quantitative estimate of drug-likeness (QED) is 0.687. The van der Waals surface area contributed by atoms with Gasteiger partial charge in [0, 0.05) is 24.5 Å². The molecule has 7 nitrogen and oxygen atoms in total. The van der Waals surface area contributed by atoms with E-state index in [9.17, 15) is 14.4 Å². The molecular weight excluding hydrogens is 474 g/mol. The van der Waals surface area contributed by atoms with Gasteiger partial charge in [-0.3, -0.25) is 14.4 Å². The summed E-state index contributed by atoms with van der Waals surface area (Å²) < 4.78 is 6.17. The molecule has 3 rings (SSSR count). The molecule has 1 N–H and O–H groups in total. The number of nitrogens with one attached hydrogen (secondary N) is 1. The fourth-order valence-electron chi connectivity index (χ4n) is 3.18. The van der Waals surface area contributed by atoms with Crippen molar-refractivity contribution in [1.29, 1.82) is 0 Å². The Morgan fingerprint density at radius 2 is 2.03 bits per heavy atom. The van der Waals surface area contributed by atoms with Gasteiger partial charge in [0.2, 0.25) is 11.8 Å². The van der Waals surface area contributed by atoms with Crippen molar-refractivity contribution >= 4 is 56.6 Å². The first kappa shape index (κ1) is 22.1. The molecule has 1 aliphatic heterocycles. The lowest BCUT2D eigenvalue weighted by Gasteiger charge is -2.29. The number of para-hydroxylation sites is 2. The van der Waals surface area contributed by atoms with Gasteiger partial charge in [-0.05, 0) is 53.2 Å². The average Bonchev–Trinajstić information content (AvgIpc) is 2.81. The molecule has 1 aliphatic rings. The van der Waals surface area contributed by atoms with Crippen LogP contribution in [0, 0.1) is 0 Å². The molecule has 0 bridgehead atoms. The van der Waals surface area contributed by atoms with Crippen LogP contribution in [-0.2, 0) is 14.4 Å². The van der Waals surface area contributed by atoms with Crippen molar-refractivity contribution in [2.75, 3.05) is 30.4 Å². The Kier molecular flexibility index (Phi) is 6.99. The monoisotopic (exact) mass is 493 g/mol. The van der Waals surface area contributed by atoms with Crippen LogP contribution in [0.3, 0.4) is 0 Å². The Morgan fingerprint density at radius 1 is 1.30 bits per heavy atom. The topological polar surface area (TPSA) is 79.0 Å². The largest absolute Gasteiger partial charge is 0.483 e. The van der Waals surface area contributed by atoms with E-state index < -0.39 is 0 Å². The zero-order chi connectivity index (χ0) is 21.8. The van der Waals surface area contributed by atoms with Crippen LogP contribution >= 0.6 is 27.5 Å². The molecule has 0 saturated heterocycles. The molecule has 2 aromatic carbocycles. The van der Waals surface area contributed by atoms with Gasteiger partial charge in [0.05, 0.1) is 22.4 Å². The lowest BCUT2D eigenvalue weighted by molar-refractivity contribution is -0.135. The maximum atomic E-state index is 13.0. The van der Waals surface area contributed by atoms with Crippen LogP contribution < -0.4 is 15.0 Å². The van der Waals surface area contributed by atoms with Crippen molar-refractivity contribution in [2.24, 2.45) is 0 Å². The van der Waals surface area contributed by atoms with Crippen LogP contribution in [0.1, 0.15) is 13.3 Å². The summed E-state index contributed by atoms with van der Waals surface area (Å²) in [5.74, 6) is -0.311. The smallest absolute Gasteiger partial charge is 0.260 e. The maximum Gasteiger partial charge on any atom is 0.260 e. The number of amides is 3. The van der Waals surface area contributed by atoms with Crippen molar-refractivity contribution in [3.8, 4) is 5.75 Å². The van der Waals surface area contributed by atoms with Crippen LogP contribution in [0.5, 0.6) is 5.75 Å². The number of rotatable bonds is 5.